The maximum Gasteiger partial charge on any atom is 0.244 e. The normalized spacial score (nSPS) is 11.3. The maximum absolute atomic E-state index is 12.5. The Labute approximate surface area is 144 Å². The minimum Gasteiger partial charge on any atom is -0.323 e. The van der Waals surface area contributed by atoms with Crippen molar-refractivity contribution in [2.45, 2.75) is 20.4 Å². The number of aryl methyl sites for hydroxylation is 3. The molecule has 126 valence electrons. The first kappa shape index (κ1) is 15.3. The van der Waals surface area contributed by atoms with Crippen molar-refractivity contribution >= 4 is 33.7 Å². The minimum absolute atomic E-state index is 0.117. The molecule has 0 aliphatic heterocycles. The second-order valence-electron chi connectivity index (χ2n) is 6.09. The first-order chi connectivity index (χ1) is 12.0. The summed E-state index contributed by atoms with van der Waals surface area (Å²) in [5.41, 5.74) is 4.19. The van der Waals surface area contributed by atoms with Crippen molar-refractivity contribution in [2.75, 3.05) is 5.32 Å². The molecule has 4 rings (SSSR count). The third-order valence-electron chi connectivity index (χ3n) is 4.29. The fraction of sp³-hybridized carbons (Fsp3) is 0.222. The zero-order valence-corrected chi connectivity index (χ0v) is 14.3. The Morgan fingerprint density at radius 1 is 1.24 bits per heavy atom. The van der Waals surface area contributed by atoms with Gasteiger partial charge in [-0.25, -0.2) is 9.97 Å². The van der Waals surface area contributed by atoms with Gasteiger partial charge in [0, 0.05) is 12.4 Å². The Morgan fingerprint density at radius 3 is 2.88 bits per heavy atom. The van der Waals surface area contributed by atoms with E-state index in [0.717, 1.165) is 33.6 Å². The lowest BCUT2D eigenvalue weighted by Crippen LogP contribution is -2.19. The summed E-state index contributed by atoms with van der Waals surface area (Å²) in [4.78, 5) is 21.4. The summed E-state index contributed by atoms with van der Waals surface area (Å²) in [6.45, 7) is 4.03. The van der Waals surface area contributed by atoms with E-state index in [1.54, 1.807) is 10.9 Å². The molecule has 1 amide bonds. The highest BCUT2D eigenvalue weighted by atomic mass is 16.1. The third-order valence-corrected chi connectivity index (χ3v) is 4.29. The van der Waals surface area contributed by atoms with Crippen LogP contribution in [0.2, 0.25) is 0 Å². The molecule has 0 saturated heterocycles. The van der Waals surface area contributed by atoms with Gasteiger partial charge in [0.2, 0.25) is 5.91 Å². The molecule has 7 heteroatoms. The molecular weight excluding hydrogens is 316 g/mol. The Morgan fingerprint density at radius 2 is 2.04 bits per heavy atom. The van der Waals surface area contributed by atoms with E-state index in [-0.39, 0.29) is 12.5 Å². The van der Waals surface area contributed by atoms with Crippen LogP contribution < -0.4 is 5.32 Å². The number of amides is 1. The number of para-hydroxylation sites is 2. The SMILES string of the molecule is Cc1nn(C)c2ncc(NC(=O)Cn3c(C)nc4ccccc43)cc12. The van der Waals surface area contributed by atoms with Gasteiger partial charge in [-0.1, -0.05) is 12.1 Å². The number of hydrogen-bond donors (Lipinski definition) is 1. The first-order valence-electron chi connectivity index (χ1n) is 8.04. The molecule has 0 bridgehead atoms. The quantitative estimate of drug-likeness (QED) is 0.625. The number of nitrogens with zero attached hydrogens (tertiary/aromatic N) is 5. The molecule has 0 radical (unpaired) electrons. The highest BCUT2D eigenvalue weighted by molar-refractivity contribution is 5.93. The molecule has 0 aliphatic rings. The number of carbonyl (C=O) groups excluding carboxylic acids is 1. The van der Waals surface area contributed by atoms with Crippen LogP contribution >= 0.6 is 0 Å². The highest BCUT2D eigenvalue weighted by Crippen LogP contribution is 2.20. The van der Waals surface area contributed by atoms with Crippen LogP contribution in [-0.2, 0) is 18.4 Å². The van der Waals surface area contributed by atoms with Crippen LogP contribution in [0.15, 0.2) is 36.5 Å². The van der Waals surface area contributed by atoms with Crippen LogP contribution in [0, 0.1) is 13.8 Å². The van der Waals surface area contributed by atoms with Gasteiger partial charge in [0.15, 0.2) is 5.65 Å². The van der Waals surface area contributed by atoms with Crippen molar-refractivity contribution in [3.8, 4) is 0 Å². The molecule has 0 atom stereocenters. The molecule has 1 aromatic carbocycles. The predicted octanol–water partition coefficient (Wildman–Crippen LogP) is 2.57. The zero-order chi connectivity index (χ0) is 17.6. The Balaban J connectivity index is 1.59. The van der Waals surface area contributed by atoms with Crippen LogP contribution in [0.1, 0.15) is 11.5 Å². The molecule has 0 spiro atoms. The van der Waals surface area contributed by atoms with Gasteiger partial charge < -0.3 is 9.88 Å². The van der Waals surface area contributed by atoms with Crippen LogP contribution in [-0.4, -0.2) is 30.2 Å². The van der Waals surface area contributed by atoms with Gasteiger partial charge in [-0.2, -0.15) is 5.10 Å². The smallest absolute Gasteiger partial charge is 0.244 e. The standard InChI is InChI=1S/C18H18N6O/c1-11-14-8-13(9-19-18(14)23(3)22-11)21-17(25)10-24-12(2)20-15-6-4-5-7-16(15)24/h4-9H,10H2,1-3H3,(H,21,25). The minimum atomic E-state index is -0.117. The van der Waals surface area contributed by atoms with Crippen LogP contribution in [0.25, 0.3) is 22.1 Å². The van der Waals surface area contributed by atoms with Crippen LogP contribution in [0.3, 0.4) is 0 Å². The average Bonchev–Trinajstić information content (AvgIpc) is 3.04. The van der Waals surface area contributed by atoms with Gasteiger partial charge in [0.1, 0.15) is 12.4 Å². The third kappa shape index (κ3) is 2.63. The van der Waals surface area contributed by atoms with Gasteiger partial charge in [-0.3, -0.25) is 9.48 Å². The fourth-order valence-electron chi connectivity index (χ4n) is 3.12. The number of aromatic nitrogens is 5. The lowest BCUT2D eigenvalue weighted by atomic mass is 10.2. The van der Waals surface area contributed by atoms with Crippen molar-refractivity contribution < 1.29 is 4.79 Å². The molecule has 0 aliphatic carbocycles. The maximum atomic E-state index is 12.5. The van der Waals surface area contributed by atoms with Gasteiger partial charge in [0.05, 0.1) is 28.6 Å². The monoisotopic (exact) mass is 334 g/mol. The van der Waals surface area contributed by atoms with E-state index in [1.165, 1.54) is 0 Å². The van der Waals surface area contributed by atoms with E-state index >= 15 is 0 Å². The second kappa shape index (κ2) is 5.70. The van der Waals surface area contributed by atoms with E-state index < -0.39 is 0 Å². The summed E-state index contributed by atoms with van der Waals surface area (Å²) in [6, 6.07) is 9.70. The lowest BCUT2D eigenvalue weighted by molar-refractivity contribution is -0.116. The summed E-state index contributed by atoms with van der Waals surface area (Å²) in [7, 11) is 1.85. The van der Waals surface area contributed by atoms with Crippen molar-refractivity contribution in [1.29, 1.82) is 0 Å². The Bertz CT molecular complexity index is 1110. The molecular formula is C18H18N6O. The van der Waals surface area contributed by atoms with Gasteiger partial charge in [0.25, 0.3) is 0 Å². The van der Waals surface area contributed by atoms with Gasteiger partial charge in [-0.15, -0.1) is 0 Å². The molecule has 3 aromatic heterocycles. The molecule has 4 aromatic rings. The van der Waals surface area contributed by atoms with E-state index in [0.29, 0.717) is 5.69 Å². The molecule has 1 N–H and O–H groups in total. The Hall–Kier alpha value is -3.22. The summed E-state index contributed by atoms with van der Waals surface area (Å²) in [5, 5.41) is 8.19. The van der Waals surface area contributed by atoms with Crippen molar-refractivity contribution in [2.24, 2.45) is 7.05 Å². The number of carbonyl (C=O) groups is 1. The summed E-state index contributed by atoms with van der Waals surface area (Å²) in [5.74, 6) is 0.696. The van der Waals surface area contributed by atoms with Crippen molar-refractivity contribution in [3.63, 3.8) is 0 Å². The fourth-order valence-corrected chi connectivity index (χ4v) is 3.12. The molecule has 0 fully saturated rings. The van der Waals surface area contributed by atoms with Gasteiger partial charge >= 0.3 is 0 Å². The number of imidazole rings is 1. The largest absolute Gasteiger partial charge is 0.323 e. The zero-order valence-electron chi connectivity index (χ0n) is 14.3. The summed E-state index contributed by atoms with van der Waals surface area (Å²) < 4.78 is 3.64. The topological polar surface area (TPSA) is 77.6 Å². The lowest BCUT2D eigenvalue weighted by Gasteiger charge is -2.08. The first-order valence-corrected chi connectivity index (χ1v) is 8.04. The van der Waals surface area contributed by atoms with E-state index in [1.807, 2.05) is 55.8 Å². The molecule has 0 saturated carbocycles. The number of benzene rings is 1. The van der Waals surface area contributed by atoms with Gasteiger partial charge in [-0.05, 0) is 32.0 Å². The molecule has 3 heterocycles. The number of rotatable bonds is 3. The molecule has 7 nitrogen and oxygen atoms in total. The second-order valence-corrected chi connectivity index (χ2v) is 6.09. The molecule has 0 unspecified atom stereocenters. The van der Waals surface area contributed by atoms with Crippen LogP contribution in [0.4, 0.5) is 5.69 Å². The van der Waals surface area contributed by atoms with E-state index in [2.05, 4.69) is 20.4 Å². The number of hydrogen-bond acceptors (Lipinski definition) is 4. The Kier molecular flexibility index (Phi) is 3.49. The van der Waals surface area contributed by atoms with Crippen molar-refractivity contribution in [1.82, 2.24) is 24.3 Å². The molecule has 25 heavy (non-hydrogen) atoms. The number of fused-ring (bicyclic) bond motifs is 2. The van der Waals surface area contributed by atoms with E-state index in [4.69, 9.17) is 0 Å². The summed E-state index contributed by atoms with van der Waals surface area (Å²) >= 11 is 0. The average molecular weight is 334 g/mol. The number of anilines is 1. The van der Waals surface area contributed by atoms with Crippen molar-refractivity contribution in [3.05, 3.63) is 48.0 Å². The summed E-state index contributed by atoms with van der Waals surface area (Å²) in [6.07, 6.45) is 1.65. The number of nitrogens with one attached hydrogen (secondary N) is 1. The van der Waals surface area contributed by atoms with E-state index in [9.17, 15) is 4.79 Å². The highest BCUT2D eigenvalue weighted by Gasteiger charge is 2.12. The number of pyridine rings is 1. The predicted molar refractivity (Wildman–Crippen MR) is 96.3 cm³/mol. The van der Waals surface area contributed by atoms with Crippen LogP contribution in [0.5, 0.6) is 0 Å².